The number of hydrogen-bond donors (Lipinski definition) is 1. The van der Waals surface area contributed by atoms with Crippen molar-refractivity contribution in [1.82, 2.24) is 4.90 Å². The number of carbonyl (C=O) groups excluding carboxylic acids is 1. The van der Waals surface area contributed by atoms with Gasteiger partial charge in [0, 0.05) is 12.6 Å². The molecule has 1 saturated heterocycles. The number of phenolic OH excluding ortho intramolecular Hbond substituents is 1. The Morgan fingerprint density at radius 2 is 2.07 bits per heavy atom. The van der Waals surface area contributed by atoms with Gasteiger partial charge < -0.3 is 14.6 Å². The van der Waals surface area contributed by atoms with E-state index < -0.39 is 6.10 Å². The van der Waals surface area contributed by atoms with Crippen LogP contribution in [0.25, 0.3) is 0 Å². The number of aromatic hydroxyl groups is 1. The van der Waals surface area contributed by atoms with E-state index in [4.69, 9.17) is 9.47 Å². The maximum absolute atomic E-state index is 12.8. The molecule has 2 aromatic rings. The minimum absolute atomic E-state index is 0.217. The quantitative estimate of drug-likeness (QED) is 0.802. The Bertz CT molecular complexity index is 823. The molecule has 28 heavy (non-hydrogen) atoms. The smallest absolute Gasteiger partial charge is 0.336 e. The van der Waals surface area contributed by atoms with E-state index >= 15 is 0 Å². The summed E-state index contributed by atoms with van der Waals surface area (Å²) in [7, 11) is 0. The highest BCUT2D eigenvalue weighted by atomic mass is 16.6. The number of rotatable bonds is 5. The molecule has 1 aliphatic carbocycles. The van der Waals surface area contributed by atoms with Crippen LogP contribution in [0.5, 0.6) is 5.75 Å². The van der Waals surface area contributed by atoms with E-state index in [0.29, 0.717) is 6.54 Å². The lowest BCUT2D eigenvalue weighted by Gasteiger charge is -2.46. The molecule has 0 bridgehead atoms. The van der Waals surface area contributed by atoms with Gasteiger partial charge in [0.05, 0.1) is 6.10 Å². The molecule has 0 radical (unpaired) electrons. The molecule has 3 atom stereocenters. The van der Waals surface area contributed by atoms with Gasteiger partial charge in [-0.3, -0.25) is 4.90 Å². The molecular weight excluding hydrogens is 354 g/mol. The molecule has 0 saturated carbocycles. The van der Waals surface area contributed by atoms with Gasteiger partial charge in [-0.1, -0.05) is 43.3 Å². The highest BCUT2D eigenvalue weighted by Crippen LogP contribution is 2.40. The van der Waals surface area contributed by atoms with Gasteiger partial charge >= 0.3 is 5.97 Å². The number of morpholine rings is 1. The summed E-state index contributed by atoms with van der Waals surface area (Å²) in [6, 6.07) is 15.4. The number of esters is 1. The second-order valence-corrected chi connectivity index (χ2v) is 7.62. The van der Waals surface area contributed by atoms with E-state index in [1.807, 2.05) is 36.4 Å². The number of nitrogens with zero attached hydrogens (tertiary/aromatic N) is 1. The lowest BCUT2D eigenvalue weighted by Crippen LogP contribution is -2.55. The summed E-state index contributed by atoms with van der Waals surface area (Å²) in [5.74, 6) is -0.0884. The summed E-state index contributed by atoms with van der Waals surface area (Å²) in [4.78, 5) is 15.1. The first-order valence-corrected chi connectivity index (χ1v) is 10.1. The van der Waals surface area contributed by atoms with Crippen LogP contribution >= 0.6 is 0 Å². The summed E-state index contributed by atoms with van der Waals surface area (Å²) >= 11 is 0. The van der Waals surface area contributed by atoms with Crippen molar-refractivity contribution in [3.05, 3.63) is 65.2 Å². The average molecular weight is 381 g/mol. The summed E-state index contributed by atoms with van der Waals surface area (Å²) in [6.07, 6.45) is 2.13. The largest absolute Gasteiger partial charge is 0.508 e. The maximum Gasteiger partial charge on any atom is 0.336 e. The molecule has 1 aliphatic heterocycles. The minimum atomic E-state index is -0.621. The minimum Gasteiger partial charge on any atom is -0.508 e. The van der Waals surface area contributed by atoms with E-state index in [0.717, 1.165) is 36.9 Å². The van der Waals surface area contributed by atoms with E-state index in [1.165, 1.54) is 5.56 Å². The van der Waals surface area contributed by atoms with E-state index in [-0.39, 0.29) is 30.5 Å². The Kier molecular flexibility index (Phi) is 5.64. The normalized spacial score (nSPS) is 24.2. The van der Waals surface area contributed by atoms with Crippen LogP contribution in [-0.2, 0) is 27.3 Å². The number of carbonyl (C=O) groups is 1. The van der Waals surface area contributed by atoms with Crippen LogP contribution in [0.3, 0.4) is 0 Å². The number of benzene rings is 2. The molecule has 4 rings (SSSR count). The molecule has 0 amide bonds. The number of aryl methyl sites for hydroxylation is 1. The maximum atomic E-state index is 12.8. The summed E-state index contributed by atoms with van der Waals surface area (Å²) in [5.41, 5.74) is 3.15. The van der Waals surface area contributed by atoms with Crippen molar-refractivity contribution in [3.63, 3.8) is 0 Å². The molecule has 2 aliphatic rings. The summed E-state index contributed by atoms with van der Waals surface area (Å²) in [6.45, 7) is 3.87. The Labute approximate surface area is 165 Å². The third kappa shape index (κ3) is 3.91. The fraction of sp³-hybridized carbons (Fsp3) is 0.435. The molecule has 5 nitrogen and oxygen atoms in total. The highest BCUT2D eigenvalue weighted by Gasteiger charge is 2.43. The standard InChI is InChI=1S/C23H27NO4/c1-2-12-24-14-21(23(26)27-15-16-6-4-3-5-7-16)28-22-19-13-18(25)10-8-17(19)9-11-20(22)24/h3-8,10,13,20-22,25H,2,9,11-12,14-15H2,1H3/t20-,21?,22-/m1/s1. The molecule has 1 heterocycles. The number of phenols is 1. The van der Waals surface area contributed by atoms with Gasteiger partial charge in [-0.05, 0) is 54.6 Å². The van der Waals surface area contributed by atoms with Crippen molar-refractivity contribution < 1.29 is 19.4 Å². The van der Waals surface area contributed by atoms with E-state index in [9.17, 15) is 9.90 Å². The van der Waals surface area contributed by atoms with E-state index in [1.54, 1.807) is 12.1 Å². The number of hydrogen-bond acceptors (Lipinski definition) is 5. The average Bonchev–Trinajstić information content (AvgIpc) is 2.72. The zero-order valence-corrected chi connectivity index (χ0v) is 16.2. The van der Waals surface area contributed by atoms with E-state index in [2.05, 4.69) is 11.8 Å². The van der Waals surface area contributed by atoms with Crippen LogP contribution in [0, 0.1) is 0 Å². The van der Waals surface area contributed by atoms with Crippen LogP contribution in [-0.4, -0.2) is 41.2 Å². The highest BCUT2D eigenvalue weighted by molar-refractivity contribution is 5.75. The predicted molar refractivity (Wildman–Crippen MR) is 106 cm³/mol. The van der Waals surface area contributed by atoms with Gasteiger partial charge in [-0.15, -0.1) is 0 Å². The number of fused-ring (bicyclic) bond motifs is 3. The monoisotopic (exact) mass is 381 g/mol. The zero-order chi connectivity index (χ0) is 19.5. The summed E-state index contributed by atoms with van der Waals surface area (Å²) in [5, 5.41) is 9.97. The summed E-state index contributed by atoms with van der Waals surface area (Å²) < 4.78 is 11.8. The van der Waals surface area contributed by atoms with Crippen molar-refractivity contribution in [2.75, 3.05) is 13.1 Å². The first kappa shape index (κ1) is 19.0. The predicted octanol–water partition coefficient (Wildman–Crippen LogP) is 3.60. The van der Waals surface area contributed by atoms with Gasteiger partial charge in [0.2, 0.25) is 0 Å². The molecule has 5 heteroatoms. The third-order valence-electron chi connectivity index (χ3n) is 5.67. The van der Waals surface area contributed by atoms with Crippen LogP contribution in [0.15, 0.2) is 48.5 Å². The molecule has 148 valence electrons. The van der Waals surface area contributed by atoms with Crippen LogP contribution in [0.1, 0.15) is 42.6 Å². The van der Waals surface area contributed by atoms with Gasteiger partial charge in [-0.2, -0.15) is 0 Å². The molecule has 1 fully saturated rings. The third-order valence-corrected chi connectivity index (χ3v) is 5.67. The van der Waals surface area contributed by atoms with Crippen molar-refractivity contribution in [1.29, 1.82) is 0 Å². The Morgan fingerprint density at radius 1 is 1.25 bits per heavy atom. The van der Waals surface area contributed by atoms with Gasteiger partial charge in [-0.25, -0.2) is 4.79 Å². The molecule has 1 unspecified atom stereocenters. The Balaban J connectivity index is 1.52. The van der Waals surface area contributed by atoms with Crippen LogP contribution in [0.2, 0.25) is 0 Å². The number of ether oxygens (including phenoxy) is 2. The van der Waals surface area contributed by atoms with Crippen molar-refractivity contribution in [2.45, 2.75) is 51.0 Å². The first-order chi connectivity index (χ1) is 13.7. The first-order valence-electron chi connectivity index (χ1n) is 10.1. The molecule has 2 aromatic carbocycles. The van der Waals surface area contributed by atoms with Crippen molar-refractivity contribution in [3.8, 4) is 5.75 Å². The molecule has 1 N–H and O–H groups in total. The fourth-order valence-corrected chi connectivity index (χ4v) is 4.34. The second-order valence-electron chi connectivity index (χ2n) is 7.62. The molecule has 0 aromatic heterocycles. The van der Waals surface area contributed by atoms with Crippen LogP contribution in [0.4, 0.5) is 0 Å². The zero-order valence-electron chi connectivity index (χ0n) is 16.2. The lowest BCUT2D eigenvalue weighted by atomic mass is 9.83. The van der Waals surface area contributed by atoms with Gasteiger partial charge in [0.15, 0.2) is 6.10 Å². The van der Waals surface area contributed by atoms with Gasteiger partial charge in [0.25, 0.3) is 0 Å². The topological polar surface area (TPSA) is 59.0 Å². The Hall–Kier alpha value is -2.37. The van der Waals surface area contributed by atoms with Gasteiger partial charge in [0.1, 0.15) is 12.4 Å². The molecule has 0 spiro atoms. The SMILES string of the molecule is CCCN1CC(C(=O)OCc2ccccc2)O[C@@H]2c3cc(O)ccc3CC[C@H]21. The van der Waals surface area contributed by atoms with Crippen molar-refractivity contribution in [2.24, 2.45) is 0 Å². The second kappa shape index (κ2) is 8.33. The van der Waals surface area contributed by atoms with Crippen molar-refractivity contribution >= 4 is 5.97 Å². The lowest BCUT2D eigenvalue weighted by molar-refractivity contribution is -0.181. The van der Waals surface area contributed by atoms with Crippen LogP contribution < -0.4 is 0 Å². The molecular formula is C23H27NO4. The Morgan fingerprint density at radius 3 is 2.86 bits per heavy atom. The fourth-order valence-electron chi connectivity index (χ4n) is 4.34.